The van der Waals surface area contributed by atoms with Crippen LogP contribution in [0.3, 0.4) is 0 Å². The third-order valence-electron chi connectivity index (χ3n) is 1.90. The molecule has 2 rings (SSSR count). The van der Waals surface area contributed by atoms with Crippen LogP contribution in [0.5, 0.6) is 0 Å². The Labute approximate surface area is 89.8 Å². The minimum atomic E-state index is -1.19. The molecule has 16 heavy (non-hydrogen) atoms. The third kappa shape index (κ3) is 1.62. The molecule has 0 saturated heterocycles. The Kier molecular flexibility index (Phi) is 2.36. The molecule has 0 unspecified atom stereocenters. The molecular weight excluding hydrogens is 210 g/mol. The van der Waals surface area contributed by atoms with Gasteiger partial charge in [0, 0.05) is 6.20 Å². The van der Waals surface area contributed by atoms with Crippen LogP contribution in [0.2, 0.25) is 0 Å². The highest BCUT2D eigenvalue weighted by Crippen LogP contribution is 2.20. The predicted octanol–water partition coefficient (Wildman–Crippen LogP) is 1.31. The number of carboxylic acids is 1. The monoisotopic (exact) mass is 215 g/mol. The van der Waals surface area contributed by atoms with Crippen LogP contribution < -0.4 is 0 Å². The quantitative estimate of drug-likeness (QED) is 0.810. The molecule has 1 N–H and O–H groups in total. The van der Waals surface area contributed by atoms with E-state index in [-0.39, 0.29) is 11.5 Å². The smallest absolute Gasteiger partial charge is 0.358 e. The Hall–Kier alpha value is -2.68. The highest BCUT2D eigenvalue weighted by molar-refractivity contribution is 5.91. The van der Waals surface area contributed by atoms with Gasteiger partial charge in [0.1, 0.15) is 11.8 Å². The number of aromatic carboxylic acids is 1. The van der Waals surface area contributed by atoms with Gasteiger partial charge in [0.05, 0.1) is 5.56 Å². The van der Waals surface area contributed by atoms with Crippen LogP contribution in [0.1, 0.15) is 16.1 Å². The van der Waals surface area contributed by atoms with Crippen molar-refractivity contribution in [1.82, 2.24) is 9.97 Å². The van der Waals surface area contributed by atoms with Crippen molar-refractivity contribution in [1.29, 1.82) is 5.26 Å². The molecule has 2 aromatic rings. The number of nitrogens with zero attached hydrogens (tertiary/aromatic N) is 3. The highest BCUT2D eigenvalue weighted by atomic mass is 16.4. The summed E-state index contributed by atoms with van der Waals surface area (Å²) in [5, 5.41) is 17.4. The van der Waals surface area contributed by atoms with Gasteiger partial charge in [-0.3, -0.25) is 4.98 Å². The van der Waals surface area contributed by atoms with Gasteiger partial charge in [0.25, 0.3) is 0 Å². The maximum Gasteiger partial charge on any atom is 0.358 e. The number of carbonyl (C=O) groups is 1. The number of oxazole rings is 1. The van der Waals surface area contributed by atoms with Crippen molar-refractivity contribution < 1.29 is 14.3 Å². The molecule has 6 nitrogen and oxygen atoms in total. The van der Waals surface area contributed by atoms with Gasteiger partial charge in [-0.25, -0.2) is 9.78 Å². The Bertz CT molecular complexity index is 566. The van der Waals surface area contributed by atoms with Gasteiger partial charge in [-0.15, -0.1) is 0 Å². The molecule has 2 aromatic heterocycles. The second-order valence-electron chi connectivity index (χ2n) is 2.88. The second-order valence-corrected chi connectivity index (χ2v) is 2.88. The molecule has 0 spiro atoms. The fraction of sp³-hybridized carbons (Fsp3) is 0. The summed E-state index contributed by atoms with van der Waals surface area (Å²) in [5.41, 5.74) is 0.520. The van der Waals surface area contributed by atoms with Crippen molar-refractivity contribution in [3.05, 3.63) is 36.0 Å². The summed E-state index contributed by atoms with van der Waals surface area (Å²) in [6.07, 6.45) is 2.38. The van der Waals surface area contributed by atoms with Gasteiger partial charge in [-0.05, 0) is 12.1 Å². The van der Waals surface area contributed by atoms with Crippen LogP contribution in [0.4, 0.5) is 0 Å². The zero-order valence-electron chi connectivity index (χ0n) is 7.91. The largest absolute Gasteiger partial charge is 0.476 e. The lowest BCUT2D eigenvalue weighted by Crippen LogP contribution is -1.99. The second kappa shape index (κ2) is 3.82. The maximum absolute atomic E-state index is 10.8. The molecule has 0 amide bonds. The lowest BCUT2D eigenvalue weighted by molar-refractivity contribution is 0.0691. The van der Waals surface area contributed by atoms with Gasteiger partial charge in [0.2, 0.25) is 0 Å². The van der Waals surface area contributed by atoms with Gasteiger partial charge in [-0.2, -0.15) is 5.26 Å². The molecule has 0 aliphatic carbocycles. The molecule has 0 bridgehead atoms. The molecule has 0 radical (unpaired) electrons. The molecule has 2 heterocycles. The summed E-state index contributed by atoms with van der Waals surface area (Å²) < 4.78 is 4.95. The van der Waals surface area contributed by atoms with Crippen molar-refractivity contribution in [2.45, 2.75) is 0 Å². The van der Waals surface area contributed by atoms with Crippen LogP contribution >= 0.6 is 0 Å². The topological polar surface area (TPSA) is 100 Å². The SMILES string of the molecule is N#Cc1ccc(-c2ocnc2C(=O)O)nc1. The molecule has 6 heteroatoms. The van der Waals surface area contributed by atoms with Crippen LogP contribution in [0.15, 0.2) is 29.1 Å². The van der Waals surface area contributed by atoms with E-state index in [0.29, 0.717) is 11.3 Å². The van der Waals surface area contributed by atoms with Crippen molar-refractivity contribution in [3.63, 3.8) is 0 Å². The summed E-state index contributed by atoms with van der Waals surface area (Å²) >= 11 is 0. The first-order chi connectivity index (χ1) is 7.72. The van der Waals surface area contributed by atoms with Gasteiger partial charge < -0.3 is 9.52 Å². The predicted molar refractivity (Wildman–Crippen MR) is 51.4 cm³/mol. The van der Waals surface area contributed by atoms with Gasteiger partial charge >= 0.3 is 5.97 Å². The first kappa shape index (κ1) is 9.86. The van der Waals surface area contributed by atoms with Crippen LogP contribution in [-0.4, -0.2) is 21.0 Å². The molecule has 0 atom stereocenters. The van der Waals surface area contributed by atoms with E-state index in [4.69, 9.17) is 14.8 Å². The summed E-state index contributed by atoms with van der Waals surface area (Å²) in [7, 11) is 0. The lowest BCUT2D eigenvalue weighted by atomic mass is 10.2. The third-order valence-corrected chi connectivity index (χ3v) is 1.90. The first-order valence-electron chi connectivity index (χ1n) is 4.25. The molecule has 78 valence electrons. The number of hydrogen-bond donors (Lipinski definition) is 1. The van der Waals surface area contributed by atoms with Crippen molar-refractivity contribution in [2.24, 2.45) is 0 Å². The number of aromatic nitrogens is 2. The van der Waals surface area contributed by atoms with Crippen LogP contribution in [0, 0.1) is 11.3 Å². The Morgan fingerprint density at radius 2 is 2.25 bits per heavy atom. The minimum absolute atomic E-state index is 0.0805. The minimum Gasteiger partial charge on any atom is -0.476 e. The highest BCUT2D eigenvalue weighted by Gasteiger charge is 2.17. The molecule has 0 saturated carbocycles. The van der Waals surface area contributed by atoms with E-state index >= 15 is 0 Å². The Balaban J connectivity index is 2.47. The van der Waals surface area contributed by atoms with Gasteiger partial charge in [0.15, 0.2) is 17.8 Å². The maximum atomic E-state index is 10.8. The molecule has 0 fully saturated rings. The fourth-order valence-electron chi connectivity index (χ4n) is 1.17. The summed E-state index contributed by atoms with van der Waals surface area (Å²) in [6, 6.07) is 4.94. The average molecular weight is 215 g/mol. The van der Waals surface area contributed by atoms with Crippen LogP contribution in [0.25, 0.3) is 11.5 Å². The zero-order valence-corrected chi connectivity index (χ0v) is 7.91. The van der Waals surface area contributed by atoms with E-state index in [9.17, 15) is 4.79 Å². The van der Waals surface area contributed by atoms with E-state index in [1.165, 1.54) is 18.3 Å². The number of rotatable bonds is 2. The van der Waals surface area contributed by atoms with E-state index in [1.54, 1.807) is 0 Å². The fourth-order valence-corrected chi connectivity index (χ4v) is 1.17. The summed E-state index contributed by atoms with van der Waals surface area (Å²) in [6.45, 7) is 0. The van der Waals surface area contributed by atoms with Crippen molar-refractivity contribution in [2.75, 3.05) is 0 Å². The number of pyridine rings is 1. The Morgan fingerprint density at radius 1 is 1.44 bits per heavy atom. The van der Waals surface area contributed by atoms with Gasteiger partial charge in [-0.1, -0.05) is 0 Å². The van der Waals surface area contributed by atoms with Crippen molar-refractivity contribution >= 4 is 5.97 Å². The van der Waals surface area contributed by atoms with E-state index < -0.39 is 5.97 Å². The number of nitriles is 1. The normalized spacial score (nSPS) is 9.69. The number of carboxylic acid groups (broad SMARTS) is 1. The van der Waals surface area contributed by atoms with E-state index in [1.807, 2.05) is 6.07 Å². The average Bonchev–Trinajstić information content (AvgIpc) is 2.78. The molecule has 0 aromatic carbocycles. The molecule has 0 aliphatic rings. The number of hydrogen-bond acceptors (Lipinski definition) is 5. The van der Waals surface area contributed by atoms with Crippen molar-refractivity contribution in [3.8, 4) is 17.5 Å². The lowest BCUT2D eigenvalue weighted by Gasteiger charge is -1.96. The molecule has 0 aliphatic heterocycles. The standard InChI is InChI=1S/C10H5N3O3/c11-3-6-1-2-7(12-4-6)9-8(10(14)15)13-5-16-9/h1-2,4-5H,(H,14,15). The van der Waals surface area contributed by atoms with Crippen LogP contribution in [-0.2, 0) is 0 Å². The van der Waals surface area contributed by atoms with E-state index in [2.05, 4.69) is 9.97 Å². The van der Waals surface area contributed by atoms with E-state index in [0.717, 1.165) is 6.39 Å². The first-order valence-corrected chi connectivity index (χ1v) is 4.25. The summed E-state index contributed by atoms with van der Waals surface area (Å²) in [5.74, 6) is -1.10. The zero-order chi connectivity index (χ0) is 11.5. The summed E-state index contributed by atoms with van der Waals surface area (Å²) in [4.78, 5) is 18.3. The Morgan fingerprint density at radius 3 is 2.81 bits per heavy atom. The molecular formula is C10H5N3O3.